The second kappa shape index (κ2) is 5.25. The van der Waals surface area contributed by atoms with E-state index in [1.807, 2.05) is 6.08 Å². The molecule has 0 spiro atoms. The highest BCUT2D eigenvalue weighted by molar-refractivity contribution is 5.95. The molecule has 2 bridgehead atoms. The molecule has 22 heavy (non-hydrogen) atoms. The van der Waals surface area contributed by atoms with Gasteiger partial charge >= 0.3 is 5.97 Å². The Kier molecular flexibility index (Phi) is 3.40. The number of aliphatic carboxylic acids is 1. The van der Waals surface area contributed by atoms with Gasteiger partial charge in [0.15, 0.2) is 0 Å². The number of nitrogens with one attached hydrogen (secondary N) is 1. The first kappa shape index (κ1) is 14.2. The van der Waals surface area contributed by atoms with Gasteiger partial charge in [0.1, 0.15) is 0 Å². The number of hydrogen-bond acceptors (Lipinski definition) is 4. The van der Waals surface area contributed by atoms with Crippen LogP contribution in [-0.4, -0.2) is 21.9 Å². The van der Waals surface area contributed by atoms with E-state index in [1.54, 1.807) is 12.1 Å². The lowest BCUT2D eigenvalue weighted by Crippen LogP contribution is -2.29. The summed E-state index contributed by atoms with van der Waals surface area (Å²) in [5, 5.41) is 22.6. The van der Waals surface area contributed by atoms with E-state index in [1.165, 1.54) is 18.2 Å². The molecule has 0 unspecified atom stereocenters. The minimum Gasteiger partial charge on any atom is -0.481 e. The number of nitro benzene ring substituents is 1. The third-order valence-electron chi connectivity index (χ3n) is 4.39. The fourth-order valence-electron chi connectivity index (χ4n) is 3.41. The number of non-ortho nitro benzene ring substituents is 1. The summed E-state index contributed by atoms with van der Waals surface area (Å²) in [5.74, 6) is -2.50. The lowest BCUT2D eigenvalue weighted by atomic mass is 9.90. The van der Waals surface area contributed by atoms with Crippen LogP contribution in [0.3, 0.4) is 0 Å². The van der Waals surface area contributed by atoms with Crippen molar-refractivity contribution in [2.45, 2.75) is 6.42 Å². The average Bonchev–Trinajstić information content (AvgIpc) is 3.05. The average molecular weight is 302 g/mol. The molecule has 7 heteroatoms. The number of benzene rings is 1. The van der Waals surface area contributed by atoms with Crippen LogP contribution in [0.5, 0.6) is 0 Å². The first-order valence-corrected chi connectivity index (χ1v) is 6.94. The maximum Gasteiger partial charge on any atom is 0.307 e. The number of nitro groups is 1. The number of nitrogens with zero attached hydrogens (tertiary/aromatic N) is 1. The summed E-state index contributed by atoms with van der Waals surface area (Å²) < 4.78 is 0. The maximum absolute atomic E-state index is 12.4. The number of carboxylic acid groups (broad SMARTS) is 1. The number of anilines is 1. The fraction of sp³-hybridized carbons (Fsp3) is 0.333. The van der Waals surface area contributed by atoms with Crippen molar-refractivity contribution in [3.05, 3.63) is 46.5 Å². The zero-order valence-electron chi connectivity index (χ0n) is 11.5. The smallest absolute Gasteiger partial charge is 0.307 e. The molecule has 3 rings (SSSR count). The number of carbonyl (C=O) groups is 2. The van der Waals surface area contributed by atoms with E-state index in [0.29, 0.717) is 12.1 Å². The second-order valence-corrected chi connectivity index (χ2v) is 5.63. The van der Waals surface area contributed by atoms with Gasteiger partial charge in [0.2, 0.25) is 5.91 Å². The van der Waals surface area contributed by atoms with E-state index in [-0.39, 0.29) is 23.4 Å². The van der Waals surface area contributed by atoms with Crippen molar-refractivity contribution in [3.8, 4) is 0 Å². The molecule has 2 aliphatic rings. The van der Waals surface area contributed by atoms with Gasteiger partial charge in [-0.1, -0.05) is 18.2 Å². The third-order valence-corrected chi connectivity index (χ3v) is 4.39. The Morgan fingerprint density at radius 1 is 1.32 bits per heavy atom. The van der Waals surface area contributed by atoms with Crippen molar-refractivity contribution in [2.24, 2.45) is 23.7 Å². The Labute approximate surface area is 125 Å². The molecule has 1 aromatic rings. The zero-order chi connectivity index (χ0) is 15.9. The highest BCUT2D eigenvalue weighted by Gasteiger charge is 2.50. The number of allylic oxidation sites excluding steroid dienone is 2. The molecule has 1 fully saturated rings. The van der Waals surface area contributed by atoms with E-state index < -0.39 is 22.7 Å². The van der Waals surface area contributed by atoms with Crippen LogP contribution in [-0.2, 0) is 9.59 Å². The van der Waals surface area contributed by atoms with Gasteiger partial charge in [-0.3, -0.25) is 19.7 Å². The standard InChI is InChI=1S/C15H14N2O5/c18-14(16-9-2-1-3-10(7-9)17(21)22)13-8-4-5-11(13)12(6-8)15(19)20/h1-5,7-8,11-13H,6H2,(H,16,18)(H,19,20)/t8-,11-,12-,13-/m1/s1. The Bertz CT molecular complexity index is 684. The lowest BCUT2D eigenvalue weighted by Gasteiger charge is -2.17. The van der Waals surface area contributed by atoms with Gasteiger partial charge in [0.05, 0.1) is 16.8 Å². The summed E-state index contributed by atoms with van der Waals surface area (Å²) >= 11 is 0. The monoisotopic (exact) mass is 302 g/mol. The molecule has 0 aromatic heterocycles. The molecule has 4 atom stereocenters. The number of fused-ring (bicyclic) bond motifs is 2. The summed E-state index contributed by atoms with van der Waals surface area (Å²) in [6.07, 6.45) is 4.15. The van der Waals surface area contributed by atoms with E-state index in [4.69, 9.17) is 0 Å². The molecule has 1 amide bonds. The van der Waals surface area contributed by atoms with Crippen LogP contribution in [0.15, 0.2) is 36.4 Å². The second-order valence-electron chi connectivity index (χ2n) is 5.63. The van der Waals surface area contributed by atoms with Crippen molar-refractivity contribution in [1.29, 1.82) is 0 Å². The van der Waals surface area contributed by atoms with Crippen molar-refractivity contribution < 1.29 is 19.6 Å². The number of carboxylic acids is 1. The molecule has 7 nitrogen and oxygen atoms in total. The van der Waals surface area contributed by atoms with Crippen LogP contribution in [0.25, 0.3) is 0 Å². The normalized spacial score (nSPS) is 28.5. The van der Waals surface area contributed by atoms with Crippen LogP contribution in [0, 0.1) is 33.8 Å². The van der Waals surface area contributed by atoms with E-state index in [0.717, 1.165) is 0 Å². The Morgan fingerprint density at radius 2 is 2.09 bits per heavy atom. The van der Waals surface area contributed by atoms with Crippen LogP contribution >= 0.6 is 0 Å². The Hall–Kier alpha value is -2.70. The molecule has 2 N–H and O–H groups in total. The largest absolute Gasteiger partial charge is 0.481 e. The van der Waals surface area contributed by atoms with Gasteiger partial charge in [0, 0.05) is 23.7 Å². The molecule has 0 radical (unpaired) electrons. The molecule has 1 aromatic carbocycles. The van der Waals surface area contributed by atoms with Crippen LogP contribution < -0.4 is 5.32 Å². The van der Waals surface area contributed by atoms with Crippen molar-refractivity contribution in [3.63, 3.8) is 0 Å². The highest BCUT2D eigenvalue weighted by Crippen LogP contribution is 2.48. The zero-order valence-corrected chi connectivity index (χ0v) is 11.5. The van der Waals surface area contributed by atoms with Crippen molar-refractivity contribution in [2.75, 3.05) is 5.32 Å². The summed E-state index contributed by atoms with van der Waals surface area (Å²) in [7, 11) is 0. The number of hydrogen-bond donors (Lipinski definition) is 2. The van der Waals surface area contributed by atoms with E-state index in [9.17, 15) is 24.8 Å². The van der Waals surface area contributed by atoms with Gasteiger partial charge in [-0.2, -0.15) is 0 Å². The van der Waals surface area contributed by atoms with Crippen LogP contribution in [0.4, 0.5) is 11.4 Å². The highest BCUT2D eigenvalue weighted by atomic mass is 16.6. The van der Waals surface area contributed by atoms with E-state index in [2.05, 4.69) is 5.32 Å². The summed E-state index contributed by atoms with van der Waals surface area (Å²) in [6.45, 7) is 0. The number of amides is 1. The van der Waals surface area contributed by atoms with E-state index >= 15 is 0 Å². The number of rotatable bonds is 4. The van der Waals surface area contributed by atoms with Crippen LogP contribution in [0.2, 0.25) is 0 Å². The van der Waals surface area contributed by atoms with Gasteiger partial charge in [-0.05, 0) is 18.4 Å². The molecular formula is C15H14N2O5. The minimum atomic E-state index is -0.884. The molecular weight excluding hydrogens is 288 g/mol. The quantitative estimate of drug-likeness (QED) is 0.502. The predicted molar refractivity (Wildman–Crippen MR) is 77.1 cm³/mol. The molecule has 0 saturated heterocycles. The Balaban J connectivity index is 1.75. The van der Waals surface area contributed by atoms with Crippen molar-refractivity contribution >= 4 is 23.3 Å². The summed E-state index contributed by atoms with van der Waals surface area (Å²) in [4.78, 5) is 33.8. The third kappa shape index (κ3) is 2.34. The number of carbonyl (C=O) groups excluding carboxylic acids is 1. The van der Waals surface area contributed by atoms with Gasteiger partial charge in [-0.25, -0.2) is 0 Å². The SMILES string of the molecule is O=C(Nc1cccc([N+](=O)[O-])c1)[C@H]1[C@@H]2C=C[C@@H]1C[C@H]2C(=O)O. The molecule has 114 valence electrons. The predicted octanol–water partition coefficient (Wildman–Crippen LogP) is 2.06. The first-order valence-electron chi connectivity index (χ1n) is 6.94. The molecule has 2 aliphatic carbocycles. The maximum atomic E-state index is 12.4. The van der Waals surface area contributed by atoms with Gasteiger partial charge in [0.25, 0.3) is 5.69 Å². The fourth-order valence-corrected chi connectivity index (χ4v) is 3.41. The summed E-state index contributed by atoms with van der Waals surface area (Å²) in [6, 6.07) is 5.70. The molecule has 1 saturated carbocycles. The van der Waals surface area contributed by atoms with Crippen LogP contribution in [0.1, 0.15) is 6.42 Å². The van der Waals surface area contributed by atoms with Crippen molar-refractivity contribution in [1.82, 2.24) is 0 Å². The van der Waals surface area contributed by atoms with Gasteiger partial charge < -0.3 is 10.4 Å². The van der Waals surface area contributed by atoms with Gasteiger partial charge in [-0.15, -0.1) is 0 Å². The molecule has 0 heterocycles. The molecule has 0 aliphatic heterocycles. The minimum absolute atomic E-state index is 0.0789. The topological polar surface area (TPSA) is 110 Å². The lowest BCUT2D eigenvalue weighted by molar-refractivity contribution is -0.384. The Morgan fingerprint density at radius 3 is 2.73 bits per heavy atom. The first-order chi connectivity index (χ1) is 10.5. The summed E-state index contributed by atoms with van der Waals surface area (Å²) in [5.41, 5.74) is 0.242.